The Labute approximate surface area is 355 Å². The number of hydrogen-bond acceptors (Lipinski definition) is 6. The maximum Gasteiger partial charge on any atom is 0.330 e. The molecule has 4 atom stereocenters. The van der Waals surface area contributed by atoms with E-state index in [4.69, 9.17) is 9.47 Å². The summed E-state index contributed by atoms with van der Waals surface area (Å²) >= 11 is 0. The van der Waals surface area contributed by atoms with Crippen LogP contribution in [-0.2, 0) is 14.3 Å². The Morgan fingerprint density at radius 1 is 0.741 bits per heavy atom. The van der Waals surface area contributed by atoms with Gasteiger partial charge in [0.25, 0.3) is 11.5 Å². The summed E-state index contributed by atoms with van der Waals surface area (Å²) in [5, 5.41) is 5.71. The third-order valence-corrected chi connectivity index (χ3v) is 11.2. The first-order valence-electron chi connectivity index (χ1n) is 24.3. The lowest BCUT2D eigenvalue weighted by atomic mass is 9.78. The lowest BCUT2D eigenvalue weighted by Crippen LogP contribution is -2.40. The predicted molar refractivity (Wildman–Crippen MR) is 244 cm³/mol. The quantitative estimate of drug-likeness (QED) is 0.0662. The molecule has 1 aliphatic heterocycles. The fourth-order valence-corrected chi connectivity index (χ4v) is 8.17. The van der Waals surface area contributed by atoms with E-state index in [-0.39, 0.29) is 29.4 Å². The Bertz CT molecular complexity index is 1260. The van der Waals surface area contributed by atoms with E-state index in [0.717, 1.165) is 25.7 Å². The van der Waals surface area contributed by atoms with Gasteiger partial charge in [-0.15, -0.1) is 0 Å². The molecule has 3 rings (SSSR count). The molecule has 2 heterocycles. The van der Waals surface area contributed by atoms with Crippen LogP contribution in [0.1, 0.15) is 227 Å². The van der Waals surface area contributed by atoms with Crippen molar-refractivity contribution in [3.8, 4) is 0 Å². The number of H-pyrrole nitrogens is 1. The van der Waals surface area contributed by atoms with Gasteiger partial charge in [0.05, 0.1) is 12.7 Å². The molecular formula is C48H92N4O6. The van der Waals surface area contributed by atoms with Crippen LogP contribution in [0.4, 0.5) is 0 Å². The number of aromatic nitrogens is 2. The summed E-state index contributed by atoms with van der Waals surface area (Å²) in [6.45, 7) is 19.8. The average molecular weight is 821 g/mol. The number of methoxy groups -OCH3 is 1. The third-order valence-electron chi connectivity index (χ3n) is 11.2. The van der Waals surface area contributed by atoms with Crippen molar-refractivity contribution in [2.45, 2.75) is 222 Å². The number of hydrogen-bond donors (Lipinski definition) is 3. The second-order valence-corrected chi connectivity index (χ2v) is 16.0. The highest BCUT2D eigenvalue weighted by Crippen LogP contribution is 2.54. The molecule has 1 aromatic heterocycles. The largest absolute Gasteiger partial charge is 0.382 e. The molecule has 1 saturated heterocycles. The molecule has 2 fully saturated rings. The lowest BCUT2D eigenvalue weighted by Gasteiger charge is -2.27. The first-order chi connectivity index (χ1) is 28.3. The van der Waals surface area contributed by atoms with Gasteiger partial charge in [-0.25, -0.2) is 4.79 Å². The minimum absolute atomic E-state index is 0.0371. The Hall–Kier alpha value is -2.46. The van der Waals surface area contributed by atoms with E-state index in [0.29, 0.717) is 44.4 Å². The van der Waals surface area contributed by atoms with Crippen LogP contribution in [0.25, 0.3) is 0 Å². The molecule has 0 spiro atoms. The number of rotatable bonds is 30. The second kappa shape index (κ2) is 36.4. The second-order valence-electron chi connectivity index (χ2n) is 16.0. The van der Waals surface area contributed by atoms with Crippen LogP contribution in [0.5, 0.6) is 0 Å². The molecule has 4 unspecified atom stereocenters. The van der Waals surface area contributed by atoms with Gasteiger partial charge < -0.3 is 20.1 Å². The number of carbonyl (C=O) groups excluding carboxylic acids is 2. The summed E-state index contributed by atoms with van der Waals surface area (Å²) in [5.74, 6) is 0.551. The molecule has 58 heavy (non-hydrogen) atoms. The van der Waals surface area contributed by atoms with Gasteiger partial charge in [0.15, 0.2) is 0 Å². The van der Waals surface area contributed by atoms with Gasteiger partial charge >= 0.3 is 5.69 Å². The zero-order chi connectivity index (χ0) is 43.6. The zero-order valence-corrected chi connectivity index (χ0v) is 39.3. The molecule has 0 aromatic carbocycles. The van der Waals surface area contributed by atoms with Crippen LogP contribution in [0, 0.1) is 23.7 Å². The number of amides is 2. The van der Waals surface area contributed by atoms with E-state index in [1.165, 1.54) is 120 Å². The van der Waals surface area contributed by atoms with E-state index in [9.17, 15) is 19.2 Å². The maximum atomic E-state index is 13.0. The normalized spacial score (nSPS) is 18.3. The first-order valence-corrected chi connectivity index (χ1v) is 24.3. The van der Waals surface area contributed by atoms with Gasteiger partial charge in [-0.2, -0.15) is 0 Å². The zero-order valence-electron chi connectivity index (χ0n) is 39.3. The van der Waals surface area contributed by atoms with Crippen LogP contribution in [0.2, 0.25) is 0 Å². The van der Waals surface area contributed by atoms with Crippen LogP contribution in [0.3, 0.4) is 0 Å². The van der Waals surface area contributed by atoms with Crippen molar-refractivity contribution in [1.82, 2.24) is 20.2 Å². The summed E-state index contributed by atoms with van der Waals surface area (Å²) in [5.41, 5.74) is -1.42. The maximum absolute atomic E-state index is 13.0. The SMILES string of the molecule is CC.CC.CC.CCCCCCCCCCCCCCCCCCCCCC(=O)NCCCNC(=O)c1cn(C2OC(COC)C(C(C)C)C2C2CC2)c(=O)[nH]c1=O. The molecule has 2 aliphatic rings. The van der Waals surface area contributed by atoms with Crippen molar-refractivity contribution in [3.05, 3.63) is 32.6 Å². The average Bonchev–Trinajstić information content (AvgIpc) is 4.01. The summed E-state index contributed by atoms with van der Waals surface area (Å²) < 4.78 is 13.2. The van der Waals surface area contributed by atoms with Crippen molar-refractivity contribution < 1.29 is 19.1 Å². The summed E-state index contributed by atoms with van der Waals surface area (Å²) in [7, 11) is 1.64. The number of nitrogens with one attached hydrogen (secondary N) is 3. The standard InChI is InChI=1S/C42H74N4O6.3C2H6/c1-5-6-7-8-9-10-11-12-13-14-15-16-17-18-19-20-21-22-23-25-36(47)43-28-24-29-44-39(48)34-30-46(42(50)45-40(34)49)41-38(33-26-27-33)37(32(2)3)35(52-41)31-51-4;3*1-2/h30,32-33,35,37-38,41H,5-29,31H2,1-4H3,(H,43,47)(H,44,48)(H,45,49,50);3*1-2H3. The van der Waals surface area contributed by atoms with Gasteiger partial charge in [-0.1, -0.05) is 178 Å². The summed E-state index contributed by atoms with van der Waals surface area (Å²) in [4.78, 5) is 53.3. The highest BCUT2D eigenvalue weighted by Gasteiger charge is 2.52. The highest BCUT2D eigenvalue weighted by molar-refractivity contribution is 5.93. The molecule has 340 valence electrons. The van der Waals surface area contributed by atoms with E-state index < -0.39 is 23.4 Å². The Balaban J connectivity index is 0.00000516. The molecule has 1 saturated carbocycles. The highest BCUT2D eigenvalue weighted by atomic mass is 16.5. The van der Waals surface area contributed by atoms with E-state index in [1.54, 1.807) is 7.11 Å². The summed E-state index contributed by atoms with van der Waals surface area (Å²) in [6.07, 6.45) is 29.1. The molecule has 1 aliphatic carbocycles. The molecule has 10 nitrogen and oxygen atoms in total. The fourth-order valence-electron chi connectivity index (χ4n) is 8.17. The molecule has 1 aromatic rings. The van der Waals surface area contributed by atoms with Crippen molar-refractivity contribution in [2.24, 2.45) is 23.7 Å². The summed E-state index contributed by atoms with van der Waals surface area (Å²) in [6, 6.07) is 0. The van der Waals surface area contributed by atoms with Crippen molar-refractivity contribution >= 4 is 11.8 Å². The van der Waals surface area contributed by atoms with Crippen LogP contribution >= 0.6 is 0 Å². The molecule has 3 N–H and O–H groups in total. The first kappa shape index (κ1) is 55.5. The fraction of sp³-hybridized carbons (Fsp3) is 0.875. The number of nitrogens with zero attached hydrogens (tertiary/aromatic N) is 1. The Morgan fingerprint density at radius 2 is 1.21 bits per heavy atom. The lowest BCUT2D eigenvalue weighted by molar-refractivity contribution is -0.121. The minimum Gasteiger partial charge on any atom is -0.382 e. The van der Waals surface area contributed by atoms with E-state index in [2.05, 4.69) is 36.4 Å². The molecule has 2 amide bonds. The molecule has 0 bridgehead atoms. The Kier molecular flexibility index (Phi) is 34.9. The van der Waals surface area contributed by atoms with Crippen molar-refractivity contribution in [1.29, 1.82) is 0 Å². The van der Waals surface area contributed by atoms with Gasteiger partial charge in [0, 0.05) is 38.7 Å². The number of aromatic amines is 1. The van der Waals surface area contributed by atoms with Gasteiger partial charge in [-0.3, -0.25) is 23.9 Å². The topological polar surface area (TPSA) is 132 Å². The van der Waals surface area contributed by atoms with Crippen molar-refractivity contribution in [3.63, 3.8) is 0 Å². The number of carbonyl (C=O) groups is 2. The number of unbranched alkanes of at least 4 members (excludes halogenated alkanes) is 18. The van der Waals surface area contributed by atoms with Crippen LogP contribution < -0.4 is 21.9 Å². The van der Waals surface area contributed by atoms with E-state index >= 15 is 0 Å². The third kappa shape index (κ3) is 22.8. The smallest absolute Gasteiger partial charge is 0.330 e. The van der Waals surface area contributed by atoms with Crippen LogP contribution in [0.15, 0.2) is 15.8 Å². The monoisotopic (exact) mass is 821 g/mol. The van der Waals surface area contributed by atoms with Gasteiger partial charge in [-0.05, 0) is 43.4 Å². The molecule has 0 radical (unpaired) electrons. The Morgan fingerprint density at radius 3 is 1.66 bits per heavy atom. The molecular weight excluding hydrogens is 729 g/mol. The number of ether oxygens (including phenoxy) is 2. The minimum atomic E-state index is -0.721. The van der Waals surface area contributed by atoms with Gasteiger partial charge in [0.2, 0.25) is 5.91 Å². The predicted octanol–water partition coefficient (Wildman–Crippen LogP) is 11.5. The molecule has 10 heteroatoms. The van der Waals surface area contributed by atoms with Crippen LogP contribution in [-0.4, -0.2) is 54.3 Å². The van der Waals surface area contributed by atoms with Gasteiger partial charge in [0.1, 0.15) is 11.8 Å². The van der Waals surface area contributed by atoms with E-state index in [1.807, 2.05) is 41.5 Å². The van der Waals surface area contributed by atoms with Crippen molar-refractivity contribution in [2.75, 3.05) is 26.8 Å².